The quantitative estimate of drug-likeness (QED) is 0.844. The number of nitrogens with one attached hydrogen (secondary N) is 1. The van der Waals surface area contributed by atoms with Crippen LogP contribution < -0.4 is 5.32 Å². The van der Waals surface area contributed by atoms with Crippen LogP contribution in [0.2, 0.25) is 0 Å². The van der Waals surface area contributed by atoms with E-state index in [9.17, 15) is 18.0 Å². The van der Waals surface area contributed by atoms with E-state index in [1.54, 1.807) is 0 Å². The number of nitrogens with zero attached hydrogens (tertiary/aromatic N) is 1. The second-order valence-corrected chi connectivity index (χ2v) is 7.28. The van der Waals surface area contributed by atoms with Crippen molar-refractivity contribution in [2.75, 3.05) is 18.8 Å². The van der Waals surface area contributed by atoms with Gasteiger partial charge in [-0.05, 0) is 25.0 Å². The Morgan fingerprint density at radius 3 is 2.67 bits per heavy atom. The van der Waals surface area contributed by atoms with Crippen LogP contribution in [0.5, 0.6) is 0 Å². The molecule has 3 nitrogen and oxygen atoms in total. The molecule has 3 unspecified atom stereocenters. The van der Waals surface area contributed by atoms with Gasteiger partial charge in [-0.25, -0.2) is 0 Å². The van der Waals surface area contributed by atoms with Gasteiger partial charge < -0.3 is 10.2 Å². The first-order valence-corrected chi connectivity index (χ1v) is 8.69. The van der Waals surface area contributed by atoms with Crippen molar-refractivity contribution in [3.05, 3.63) is 0 Å². The van der Waals surface area contributed by atoms with Crippen molar-refractivity contribution in [2.24, 2.45) is 0 Å². The van der Waals surface area contributed by atoms with Crippen molar-refractivity contribution in [1.82, 2.24) is 10.2 Å². The topological polar surface area (TPSA) is 32.3 Å². The first-order chi connectivity index (χ1) is 9.90. The van der Waals surface area contributed by atoms with Crippen LogP contribution >= 0.6 is 11.8 Å². The molecule has 3 atom stereocenters. The highest BCUT2D eigenvalue weighted by Crippen LogP contribution is 2.30. The van der Waals surface area contributed by atoms with Crippen LogP contribution in [0.3, 0.4) is 0 Å². The molecule has 0 spiro atoms. The lowest BCUT2D eigenvalue weighted by molar-refractivity contribution is -0.158. The normalized spacial score (nSPS) is 31.0. The summed E-state index contributed by atoms with van der Waals surface area (Å²) in [4.78, 5) is 13.0. The van der Waals surface area contributed by atoms with E-state index in [4.69, 9.17) is 0 Å². The average Bonchev–Trinajstić information content (AvgIpc) is 2.72. The van der Waals surface area contributed by atoms with Gasteiger partial charge in [-0.15, -0.1) is 0 Å². The van der Waals surface area contributed by atoms with Crippen molar-refractivity contribution in [3.8, 4) is 0 Å². The minimum Gasteiger partial charge on any atom is -0.332 e. The Hall–Kier alpha value is -0.430. The number of likely N-dealkylation sites (tertiary alicyclic amines) is 1. The fourth-order valence-electron chi connectivity index (χ4n) is 3.23. The third-order valence-electron chi connectivity index (χ3n) is 4.17. The fourth-order valence-corrected chi connectivity index (χ4v) is 4.43. The number of rotatable bonds is 5. The minimum absolute atomic E-state index is 0.203. The van der Waals surface area contributed by atoms with Crippen molar-refractivity contribution in [3.63, 3.8) is 0 Å². The Bertz CT molecular complexity index is 363. The van der Waals surface area contributed by atoms with Crippen LogP contribution in [0.1, 0.15) is 39.0 Å². The van der Waals surface area contributed by atoms with E-state index in [-0.39, 0.29) is 12.6 Å². The molecule has 2 fully saturated rings. The summed E-state index contributed by atoms with van der Waals surface area (Å²) in [6.45, 7) is 1.19. The molecule has 0 bridgehead atoms. The van der Waals surface area contributed by atoms with Gasteiger partial charge in [0.2, 0.25) is 5.91 Å². The third-order valence-corrected chi connectivity index (χ3v) is 5.49. The molecule has 1 aliphatic carbocycles. The molecule has 1 heterocycles. The van der Waals surface area contributed by atoms with Crippen molar-refractivity contribution < 1.29 is 18.0 Å². The standard InChI is InChI=1S/C14H23F3N2OS/c1-2-21-12-6-4-3-5-10(12)18-11-7-8-19(13(11)20)9-14(15,16)17/h10-12,18H,2-9H2,1H3. The van der Waals surface area contributed by atoms with E-state index in [0.29, 0.717) is 11.7 Å². The summed E-state index contributed by atoms with van der Waals surface area (Å²) in [7, 11) is 0. The maximum atomic E-state index is 12.4. The predicted octanol–water partition coefficient (Wildman–Crippen LogP) is 2.80. The molecule has 1 saturated heterocycles. The van der Waals surface area contributed by atoms with Gasteiger partial charge >= 0.3 is 6.18 Å². The highest BCUT2D eigenvalue weighted by molar-refractivity contribution is 7.99. The number of hydrogen-bond donors (Lipinski definition) is 1. The first-order valence-electron chi connectivity index (χ1n) is 7.64. The zero-order valence-corrected chi connectivity index (χ0v) is 13.1. The van der Waals surface area contributed by atoms with Gasteiger partial charge in [0.05, 0.1) is 6.04 Å². The van der Waals surface area contributed by atoms with E-state index < -0.39 is 24.7 Å². The van der Waals surface area contributed by atoms with Crippen LogP contribution in [-0.4, -0.2) is 53.2 Å². The summed E-state index contributed by atoms with van der Waals surface area (Å²) < 4.78 is 37.2. The first kappa shape index (κ1) is 16.9. The zero-order chi connectivity index (χ0) is 15.5. The number of alkyl halides is 3. The van der Waals surface area contributed by atoms with Crippen LogP contribution in [-0.2, 0) is 4.79 Å². The van der Waals surface area contributed by atoms with Gasteiger partial charge in [0.1, 0.15) is 6.54 Å². The Kier molecular flexibility index (Phi) is 5.82. The fraction of sp³-hybridized carbons (Fsp3) is 0.929. The van der Waals surface area contributed by atoms with Gasteiger partial charge in [-0.2, -0.15) is 24.9 Å². The molecule has 0 aromatic heterocycles. The molecule has 1 aliphatic heterocycles. The molecule has 1 amide bonds. The summed E-state index contributed by atoms with van der Waals surface area (Å²) >= 11 is 1.89. The maximum absolute atomic E-state index is 12.4. The Morgan fingerprint density at radius 1 is 1.29 bits per heavy atom. The lowest BCUT2D eigenvalue weighted by atomic mass is 9.94. The molecule has 1 saturated carbocycles. The molecular formula is C14H23F3N2OS. The Labute approximate surface area is 128 Å². The van der Waals surface area contributed by atoms with Crippen LogP contribution in [0.25, 0.3) is 0 Å². The molecule has 0 radical (unpaired) electrons. The van der Waals surface area contributed by atoms with E-state index in [1.807, 2.05) is 11.8 Å². The maximum Gasteiger partial charge on any atom is 0.406 e. The van der Waals surface area contributed by atoms with Gasteiger partial charge in [-0.1, -0.05) is 19.8 Å². The minimum atomic E-state index is -4.31. The molecule has 1 N–H and O–H groups in total. The van der Waals surface area contributed by atoms with Crippen molar-refractivity contribution in [2.45, 2.75) is 62.5 Å². The number of thioether (sulfide) groups is 1. The van der Waals surface area contributed by atoms with Gasteiger partial charge in [0, 0.05) is 17.8 Å². The summed E-state index contributed by atoms with van der Waals surface area (Å²) in [5.41, 5.74) is 0. The van der Waals surface area contributed by atoms with Crippen LogP contribution in [0.15, 0.2) is 0 Å². The highest BCUT2D eigenvalue weighted by atomic mass is 32.2. The molecule has 7 heteroatoms. The largest absolute Gasteiger partial charge is 0.406 e. The SMILES string of the molecule is CCSC1CCCCC1NC1CCN(CC(F)(F)F)C1=O. The summed E-state index contributed by atoms with van der Waals surface area (Å²) in [6.07, 6.45) is 0.648. The summed E-state index contributed by atoms with van der Waals surface area (Å²) in [6, 6.07) is -0.182. The van der Waals surface area contributed by atoms with Crippen molar-refractivity contribution >= 4 is 17.7 Å². The second kappa shape index (κ2) is 7.22. The molecular weight excluding hydrogens is 301 g/mol. The number of carbonyl (C=O) groups is 1. The molecule has 122 valence electrons. The Balaban J connectivity index is 1.89. The van der Waals surface area contributed by atoms with E-state index in [2.05, 4.69) is 12.2 Å². The van der Waals surface area contributed by atoms with Crippen molar-refractivity contribution in [1.29, 1.82) is 0 Å². The molecule has 2 rings (SSSR count). The lowest BCUT2D eigenvalue weighted by Gasteiger charge is -2.33. The number of amides is 1. The average molecular weight is 324 g/mol. The van der Waals surface area contributed by atoms with Gasteiger partial charge in [-0.3, -0.25) is 4.79 Å². The molecule has 21 heavy (non-hydrogen) atoms. The molecule has 2 aliphatic rings. The predicted molar refractivity (Wildman–Crippen MR) is 78.4 cm³/mol. The van der Waals surface area contributed by atoms with Crippen LogP contribution in [0, 0.1) is 0 Å². The van der Waals surface area contributed by atoms with Crippen LogP contribution in [0.4, 0.5) is 13.2 Å². The second-order valence-electron chi connectivity index (χ2n) is 5.77. The third kappa shape index (κ3) is 4.77. The van der Waals surface area contributed by atoms with Gasteiger partial charge in [0.25, 0.3) is 0 Å². The van der Waals surface area contributed by atoms with E-state index in [1.165, 1.54) is 6.42 Å². The number of hydrogen-bond acceptors (Lipinski definition) is 3. The molecule has 0 aromatic carbocycles. The van der Waals surface area contributed by atoms with E-state index >= 15 is 0 Å². The smallest absolute Gasteiger partial charge is 0.332 e. The van der Waals surface area contributed by atoms with Gasteiger partial charge in [0.15, 0.2) is 0 Å². The zero-order valence-electron chi connectivity index (χ0n) is 12.3. The Morgan fingerprint density at radius 2 is 2.00 bits per heavy atom. The van der Waals surface area contributed by atoms with E-state index in [0.717, 1.165) is 29.9 Å². The monoisotopic (exact) mass is 324 g/mol. The summed E-state index contributed by atoms with van der Waals surface area (Å²) in [5.74, 6) is 0.639. The number of halogens is 3. The lowest BCUT2D eigenvalue weighted by Crippen LogP contribution is -2.49. The molecule has 0 aromatic rings. The highest BCUT2D eigenvalue weighted by Gasteiger charge is 2.40. The summed E-state index contributed by atoms with van der Waals surface area (Å²) in [5, 5.41) is 3.82. The number of carbonyl (C=O) groups excluding carboxylic acids is 1.